The van der Waals surface area contributed by atoms with E-state index in [1.807, 2.05) is 18.2 Å². The van der Waals surface area contributed by atoms with E-state index in [-0.39, 0.29) is 6.54 Å². The summed E-state index contributed by atoms with van der Waals surface area (Å²) in [6.07, 6.45) is 0. The van der Waals surface area contributed by atoms with Crippen molar-refractivity contribution in [3.8, 4) is 0 Å². The maximum atomic E-state index is 10.3. The minimum absolute atomic E-state index is 0.00871. The lowest BCUT2D eigenvalue weighted by Crippen LogP contribution is -3.09. The first kappa shape index (κ1) is 11.0. The van der Waals surface area contributed by atoms with Crippen LogP contribution in [-0.2, 0) is 11.3 Å². The van der Waals surface area contributed by atoms with Gasteiger partial charge in [-0.25, -0.2) is 0 Å². The highest BCUT2D eigenvalue weighted by atomic mass is 35.5. The van der Waals surface area contributed by atoms with Crippen LogP contribution in [-0.4, -0.2) is 19.6 Å². The summed E-state index contributed by atoms with van der Waals surface area (Å²) in [6.45, 7) is 0.582. The van der Waals surface area contributed by atoms with Gasteiger partial charge < -0.3 is 14.8 Å². The standard InChI is InChI=1S/C10H12ClNO2/c1-12(7-10(13)14)6-8-4-2-3-5-9(8)11/h2-5H,6-7H2,1H3,(H,13,14). The molecule has 4 heteroatoms. The Bertz CT molecular complexity index is 328. The van der Waals surface area contributed by atoms with Crippen LogP contribution in [0.5, 0.6) is 0 Å². The molecule has 14 heavy (non-hydrogen) atoms. The van der Waals surface area contributed by atoms with E-state index in [4.69, 9.17) is 11.6 Å². The van der Waals surface area contributed by atoms with Crippen molar-refractivity contribution in [1.82, 2.24) is 0 Å². The molecule has 3 nitrogen and oxygen atoms in total. The van der Waals surface area contributed by atoms with Crippen LogP contribution in [0.2, 0.25) is 5.02 Å². The molecule has 0 fully saturated rings. The molecule has 0 aliphatic heterocycles. The number of carboxylic acids is 1. The molecule has 0 saturated carbocycles. The van der Waals surface area contributed by atoms with Crippen molar-refractivity contribution < 1.29 is 14.8 Å². The van der Waals surface area contributed by atoms with Gasteiger partial charge in [0.25, 0.3) is 0 Å². The Balaban J connectivity index is 2.60. The predicted octanol–water partition coefficient (Wildman–Crippen LogP) is -0.895. The zero-order chi connectivity index (χ0) is 10.6. The summed E-state index contributed by atoms with van der Waals surface area (Å²) < 4.78 is 0. The molecule has 1 aromatic rings. The molecule has 0 spiro atoms. The molecular weight excluding hydrogens is 202 g/mol. The van der Waals surface area contributed by atoms with Crippen LogP contribution in [0.25, 0.3) is 0 Å². The van der Waals surface area contributed by atoms with E-state index >= 15 is 0 Å². The summed E-state index contributed by atoms with van der Waals surface area (Å²) in [5.74, 6) is -1.05. The minimum atomic E-state index is -1.05. The molecule has 1 rings (SSSR count). The summed E-state index contributed by atoms with van der Waals surface area (Å²) >= 11 is 5.93. The first-order valence-electron chi connectivity index (χ1n) is 4.34. The number of carbonyl (C=O) groups is 1. The van der Waals surface area contributed by atoms with Crippen LogP contribution in [0.1, 0.15) is 5.56 Å². The maximum absolute atomic E-state index is 10.3. The number of rotatable bonds is 4. The Hall–Kier alpha value is -1.06. The summed E-state index contributed by atoms with van der Waals surface area (Å²) in [6, 6.07) is 7.41. The number of benzene rings is 1. The number of hydrogen-bond acceptors (Lipinski definition) is 2. The highest BCUT2D eigenvalue weighted by Gasteiger charge is 2.06. The lowest BCUT2D eigenvalue weighted by molar-refractivity contribution is -0.887. The van der Waals surface area contributed by atoms with Crippen LogP contribution in [0.3, 0.4) is 0 Å². The van der Waals surface area contributed by atoms with E-state index in [9.17, 15) is 9.90 Å². The van der Waals surface area contributed by atoms with Crippen LogP contribution >= 0.6 is 11.6 Å². The SMILES string of the molecule is C[NH+](CC(=O)[O-])Cc1ccccc1Cl. The third kappa shape index (κ3) is 3.36. The average molecular weight is 214 g/mol. The summed E-state index contributed by atoms with van der Waals surface area (Å²) in [4.78, 5) is 11.2. The third-order valence-electron chi connectivity index (χ3n) is 1.90. The Morgan fingerprint density at radius 1 is 1.50 bits per heavy atom. The molecule has 0 bridgehead atoms. The van der Waals surface area contributed by atoms with Gasteiger partial charge in [0, 0.05) is 10.6 Å². The second-order valence-electron chi connectivity index (χ2n) is 3.27. The lowest BCUT2D eigenvalue weighted by atomic mass is 10.2. The molecule has 0 saturated heterocycles. The Morgan fingerprint density at radius 3 is 2.71 bits per heavy atom. The second-order valence-corrected chi connectivity index (χ2v) is 3.68. The molecule has 1 N–H and O–H groups in total. The Morgan fingerprint density at radius 2 is 2.14 bits per heavy atom. The number of carboxylic acid groups (broad SMARTS) is 1. The van der Waals surface area contributed by atoms with Gasteiger partial charge >= 0.3 is 0 Å². The fourth-order valence-electron chi connectivity index (χ4n) is 1.28. The van der Waals surface area contributed by atoms with Crippen molar-refractivity contribution in [2.75, 3.05) is 13.6 Å². The number of carbonyl (C=O) groups excluding carboxylic acids is 1. The van der Waals surface area contributed by atoms with Gasteiger partial charge in [-0.15, -0.1) is 0 Å². The Labute approximate surface area is 87.9 Å². The highest BCUT2D eigenvalue weighted by Crippen LogP contribution is 2.13. The quantitative estimate of drug-likeness (QED) is 0.705. The third-order valence-corrected chi connectivity index (χ3v) is 2.26. The van der Waals surface area contributed by atoms with Gasteiger partial charge in [0.2, 0.25) is 0 Å². The summed E-state index contributed by atoms with van der Waals surface area (Å²) in [5, 5.41) is 11.0. The average Bonchev–Trinajstić information content (AvgIpc) is 2.07. The van der Waals surface area contributed by atoms with Crippen LogP contribution in [0.15, 0.2) is 24.3 Å². The number of hydrogen-bond donors (Lipinski definition) is 1. The highest BCUT2D eigenvalue weighted by molar-refractivity contribution is 6.31. The lowest BCUT2D eigenvalue weighted by Gasteiger charge is -2.14. The van der Waals surface area contributed by atoms with Crippen molar-refractivity contribution in [2.24, 2.45) is 0 Å². The van der Waals surface area contributed by atoms with Crippen molar-refractivity contribution in [1.29, 1.82) is 0 Å². The van der Waals surface area contributed by atoms with Gasteiger partial charge in [0.1, 0.15) is 13.1 Å². The smallest absolute Gasteiger partial charge is 0.117 e. The second kappa shape index (κ2) is 4.98. The van der Waals surface area contributed by atoms with Gasteiger partial charge in [0.05, 0.1) is 13.0 Å². The largest absolute Gasteiger partial charge is 0.544 e. The van der Waals surface area contributed by atoms with Crippen molar-refractivity contribution in [3.05, 3.63) is 34.9 Å². The van der Waals surface area contributed by atoms with Gasteiger partial charge in [0.15, 0.2) is 0 Å². The Kier molecular flexibility index (Phi) is 3.92. The topological polar surface area (TPSA) is 44.6 Å². The normalized spacial score (nSPS) is 12.4. The van der Waals surface area contributed by atoms with Gasteiger partial charge in [-0.05, 0) is 6.07 Å². The van der Waals surface area contributed by atoms with E-state index < -0.39 is 5.97 Å². The summed E-state index contributed by atoms with van der Waals surface area (Å²) in [7, 11) is 1.79. The summed E-state index contributed by atoms with van der Waals surface area (Å²) in [5.41, 5.74) is 0.952. The molecule has 0 amide bonds. The van der Waals surface area contributed by atoms with E-state index in [2.05, 4.69) is 0 Å². The number of aliphatic carboxylic acids is 1. The van der Waals surface area contributed by atoms with Gasteiger partial charge in [-0.2, -0.15) is 0 Å². The van der Waals surface area contributed by atoms with Crippen LogP contribution < -0.4 is 10.0 Å². The molecule has 1 aromatic carbocycles. The monoisotopic (exact) mass is 213 g/mol. The predicted molar refractivity (Wildman–Crippen MR) is 51.9 cm³/mol. The van der Waals surface area contributed by atoms with Crippen molar-refractivity contribution in [3.63, 3.8) is 0 Å². The molecule has 0 aliphatic rings. The number of quaternary nitrogens is 1. The molecule has 76 valence electrons. The molecule has 0 aliphatic carbocycles. The number of nitrogens with one attached hydrogen (secondary N) is 1. The van der Waals surface area contributed by atoms with E-state index in [1.165, 1.54) is 0 Å². The zero-order valence-corrected chi connectivity index (χ0v) is 8.67. The minimum Gasteiger partial charge on any atom is -0.544 e. The van der Waals surface area contributed by atoms with Crippen LogP contribution in [0, 0.1) is 0 Å². The first-order valence-corrected chi connectivity index (χ1v) is 4.72. The van der Waals surface area contributed by atoms with Crippen molar-refractivity contribution in [2.45, 2.75) is 6.54 Å². The molecule has 1 atom stereocenters. The first-order chi connectivity index (χ1) is 6.59. The maximum Gasteiger partial charge on any atom is 0.117 e. The molecule has 1 unspecified atom stereocenters. The fourth-order valence-corrected chi connectivity index (χ4v) is 1.48. The van der Waals surface area contributed by atoms with Crippen LogP contribution in [0.4, 0.5) is 0 Å². The fraction of sp³-hybridized carbons (Fsp3) is 0.300. The molecule has 0 heterocycles. The van der Waals surface area contributed by atoms with Gasteiger partial charge in [-0.3, -0.25) is 0 Å². The zero-order valence-electron chi connectivity index (χ0n) is 7.92. The molecular formula is C10H12ClNO2. The van der Waals surface area contributed by atoms with Crippen molar-refractivity contribution >= 4 is 17.6 Å². The number of likely N-dealkylation sites (N-methyl/N-ethyl adjacent to an activating group) is 1. The molecule has 0 aromatic heterocycles. The number of halogens is 1. The van der Waals surface area contributed by atoms with E-state index in [1.54, 1.807) is 13.1 Å². The van der Waals surface area contributed by atoms with Gasteiger partial charge in [-0.1, -0.05) is 29.8 Å². The van der Waals surface area contributed by atoms with E-state index in [0.717, 1.165) is 10.5 Å². The molecule has 0 radical (unpaired) electrons. The van der Waals surface area contributed by atoms with E-state index in [0.29, 0.717) is 11.6 Å².